The van der Waals surface area contributed by atoms with Gasteiger partial charge < -0.3 is 0 Å². The molecule has 1 aliphatic rings. The van der Waals surface area contributed by atoms with Crippen molar-refractivity contribution in [2.75, 3.05) is 0 Å². The number of fused-ring (bicyclic) bond motifs is 3. The molecule has 3 aromatic carbocycles. The molecule has 0 fully saturated rings. The first kappa shape index (κ1) is 11.5. The van der Waals surface area contributed by atoms with Crippen LogP contribution in [-0.4, -0.2) is 0 Å². The van der Waals surface area contributed by atoms with Crippen molar-refractivity contribution in [2.24, 2.45) is 0 Å². The molecule has 0 amide bonds. The fourth-order valence-corrected chi connectivity index (χ4v) is 3.44. The molecule has 3 aromatic rings. The summed E-state index contributed by atoms with van der Waals surface area (Å²) in [5.74, 6) is 0. The molecular formula is C20H15. The van der Waals surface area contributed by atoms with Crippen molar-refractivity contribution in [2.45, 2.75) is 12.3 Å². The first-order valence-electron chi connectivity index (χ1n) is 6.98. The summed E-state index contributed by atoms with van der Waals surface area (Å²) in [5, 5.41) is 0. The van der Waals surface area contributed by atoms with E-state index >= 15 is 0 Å². The Morgan fingerprint density at radius 1 is 0.750 bits per heavy atom. The third kappa shape index (κ3) is 1.36. The van der Waals surface area contributed by atoms with Gasteiger partial charge in [-0.25, -0.2) is 0 Å². The SMILES string of the molecule is CC1(c2ccccc2)c2ccc[c]c2-c2ccccc21. The second-order valence-electron chi connectivity index (χ2n) is 5.50. The lowest BCUT2D eigenvalue weighted by Crippen LogP contribution is -2.22. The zero-order chi connectivity index (χ0) is 13.6. The van der Waals surface area contributed by atoms with Crippen LogP contribution in [0, 0.1) is 6.07 Å². The van der Waals surface area contributed by atoms with E-state index < -0.39 is 0 Å². The highest BCUT2D eigenvalue weighted by Crippen LogP contribution is 2.51. The standard InChI is InChI=1S/C20H15/c1-20(15-9-3-2-4-10-15)18-13-7-5-11-16(18)17-12-6-8-14-19(17)20/h2-11,13-14H,1H3. The Kier molecular flexibility index (Phi) is 2.34. The zero-order valence-electron chi connectivity index (χ0n) is 11.4. The lowest BCUT2D eigenvalue weighted by molar-refractivity contribution is 0.714. The number of hydrogen-bond acceptors (Lipinski definition) is 0. The average molecular weight is 255 g/mol. The largest absolute Gasteiger partial charge is 0.0622 e. The summed E-state index contributed by atoms with van der Waals surface area (Å²) in [6, 6.07) is 29.2. The van der Waals surface area contributed by atoms with Crippen molar-refractivity contribution in [1.29, 1.82) is 0 Å². The Morgan fingerprint density at radius 3 is 2.30 bits per heavy atom. The smallest absolute Gasteiger partial charge is 0.0435 e. The molecule has 0 saturated heterocycles. The molecule has 1 aliphatic carbocycles. The lowest BCUT2D eigenvalue weighted by Gasteiger charge is -2.28. The van der Waals surface area contributed by atoms with Gasteiger partial charge in [0.2, 0.25) is 0 Å². The minimum Gasteiger partial charge on any atom is -0.0622 e. The van der Waals surface area contributed by atoms with E-state index in [2.05, 4.69) is 79.7 Å². The molecule has 0 N–H and O–H groups in total. The second-order valence-corrected chi connectivity index (χ2v) is 5.50. The van der Waals surface area contributed by atoms with Crippen LogP contribution in [0.3, 0.4) is 0 Å². The summed E-state index contributed by atoms with van der Waals surface area (Å²) in [5.41, 5.74) is 6.55. The summed E-state index contributed by atoms with van der Waals surface area (Å²) in [4.78, 5) is 0. The van der Waals surface area contributed by atoms with Crippen molar-refractivity contribution in [3.63, 3.8) is 0 Å². The number of rotatable bonds is 1. The van der Waals surface area contributed by atoms with Crippen molar-refractivity contribution in [1.82, 2.24) is 0 Å². The van der Waals surface area contributed by atoms with Gasteiger partial charge in [-0.15, -0.1) is 0 Å². The van der Waals surface area contributed by atoms with E-state index in [0.29, 0.717) is 0 Å². The van der Waals surface area contributed by atoms with Gasteiger partial charge in [0.25, 0.3) is 0 Å². The molecule has 0 aromatic heterocycles. The van der Waals surface area contributed by atoms with E-state index in [0.717, 1.165) is 0 Å². The van der Waals surface area contributed by atoms with Crippen LogP contribution < -0.4 is 0 Å². The summed E-state index contributed by atoms with van der Waals surface area (Å²) >= 11 is 0. The van der Waals surface area contributed by atoms with E-state index in [1.165, 1.54) is 27.8 Å². The minimum atomic E-state index is -0.0784. The van der Waals surface area contributed by atoms with Crippen LogP contribution in [0.4, 0.5) is 0 Å². The third-order valence-electron chi connectivity index (χ3n) is 4.48. The van der Waals surface area contributed by atoms with Gasteiger partial charge >= 0.3 is 0 Å². The summed E-state index contributed by atoms with van der Waals surface area (Å²) < 4.78 is 0. The molecule has 0 nitrogen and oxygen atoms in total. The van der Waals surface area contributed by atoms with E-state index in [-0.39, 0.29) is 5.41 Å². The van der Waals surface area contributed by atoms with Crippen LogP contribution in [0.1, 0.15) is 23.6 Å². The number of benzene rings is 3. The van der Waals surface area contributed by atoms with Crippen LogP contribution in [0.15, 0.2) is 72.8 Å². The Bertz CT molecular complexity index is 723. The topological polar surface area (TPSA) is 0 Å². The molecule has 95 valence electrons. The Balaban J connectivity index is 2.10. The molecular weight excluding hydrogens is 240 g/mol. The maximum atomic E-state index is 3.43. The monoisotopic (exact) mass is 255 g/mol. The maximum absolute atomic E-state index is 3.43. The molecule has 0 bridgehead atoms. The molecule has 1 unspecified atom stereocenters. The number of hydrogen-bond donors (Lipinski definition) is 0. The highest BCUT2D eigenvalue weighted by atomic mass is 14.4. The highest BCUT2D eigenvalue weighted by Gasteiger charge is 2.40. The molecule has 0 aliphatic heterocycles. The maximum Gasteiger partial charge on any atom is 0.0435 e. The quantitative estimate of drug-likeness (QED) is 0.584. The summed E-state index contributed by atoms with van der Waals surface area (Å²) in [7, 11) is 0. The third-order valence-corrected chi connectivity index (χ3v) is 4.48. The van der Waals surface area contributed by atoms with Crippen molar-refractivity contribution in [3.8, 4) is 11.1 Å². The summed E-state index contributed by atoms with van der Waals surface area (Å²) in [6.07, 6.45) is 0. The van der Waals surface area contributed by atoms with Crippen molar-refractivity contribution >= 4 is 0 Å². The lowest BCUT2D eigenvalue weighted by atomic mass is 9.74. The van der Waals surface area contributed by atoms with Crippen molar-refractivity contribution < 1.29 is 0 Å². The molecule has 4 rings (SSSR count). The van der Waals surface area contributed by atoms with Crippen LogP contribution in [0.5, 0.6) is 0 Å². The van der Waals surface area contributed by atoms with Gasteiger partial charge in [-0.1, -0.05) is 72.8 Å². The van der Waals surface area contributed by atoms with Gasteiger partial charge in [0, 0.05) is 5.41 Å². The fraction of sp³-hybridized carbons (Fsp3) is 0.100. The first-order chi connectivity index (χ1) is 9.82. The van der Waals surface area contributed by atoms with Gasteiger partial charge in [0.15, 0.2) is 0 Å². The summed E-state index contributed by atoms with van der Waals surface area (Å²) in [6.45, 7) is 2.32. The Hall–Kier alpha value is -2.34. The minimum absolute atomic E-state index is 0.0784. The van der Waals surface area contributed by atoms with Crippen LogP contribution in [0.25, 0.3) is 11.1 Å². The predicted octanol–water partition coefficient (Wildman–Crippen LogP) is 4.82. The normalized spacial score (nSPS) is 14.7. The van der Waals surface area contributed by atoms with E-state index in [1.54, 1.807) is 0 Å². The Labute approximate surface area is 119 Å². The van der Waals surface area contributed by atoms with Gasteiger partial charge in [-0.2, -0.15) is 0 Å². The fourth-order valence-electron chi connectivity index (χ4n) is 3.44. The van der Waals surface area contributed by atoms with E-state index in [1.807, 2.05) is 6.07 Å². The van der Waals surface area contributed by atoms with Crippen molar-refractivity contribution in [3.05, 3.63) is 95.6 Å². The molecule has 1 radical (unpaired) electrons. The molecule has 0 spiro atoms. The average Bonchev–Trinajstić information content (AvgIpc) is 2.80. The van der Waals surface area contributed by atoms with Crippen LogP contribution in [-0.2, 0) is 5.41 Å². The molecule has 0 heteroatoms. The Morgan fingerprint density at radius 2 is 1.45 bits per heavy atom. The van der Waals surface area contributed by atoms with Gasteiger partial charge in [0.05, 0.1) is 0 Å². The van der Waals surface area contributed by atoms with E-state index in [4.69, 9.17) is 0 Å². The molecule has 20 heavy (non-hydrogen) atoms. The molecule has 1 atom stereocenters. The molecule has 0 saturated carbocycles. The van der Waals surface area contributed by atoms with Crippen LogP contribution >= 0.6 is 0 Å². The van der Waals surface area contributed by atoms with Gasteiger partial charge in [-0.05, 0) is 40.8 Å². The molecule has 0 heterocycles. The first-order valence-corrected chi connectivity index (χ1v) is 6.98. The second kappa shape index (κ2) is 4.08. The van der Waals surface area contributed by atoms with Crippen LogP contribution in [0.2, 0.25) is 0 Å². The highest BCUT2D eigenvalue weighted by molar-refractivity contribution is 5.82. The van der Waals surface area contributed by atoms with E-state index in [9.17, 15) is 0 Å². The van der Waals surface area contributed by atoms with Gasteiger partial charge in [0.1, 0.15) is 0 Å². The zero-order valence-corrected chi connectivity index (χ0v) is 11.4. The predicted molar refractivity (Wildman–Crippen MR) is 82.7 cm³/mol. The van der Waals surface area contributed by atoms with Gasteiger partial charge in [-0.3, -0.25) is 0 Å².